The predicted molar refractivity (Wildman–Crippen MR) is 126 cm³/mol. The number of ether oxygens (including phenoxy) is 1. The van der Waals surface area contributed by atoms with E-state index >= 15 is 0 Å². The quantitative estimate of drug-likeness (QED) is 0.422. The Labute approximate surface area is 192 Å². The number of allylic oxidation sites excluding steroid dienone is 1. The molecule has 0 aliphatic carbocycles. The number of anilines is 1. The van der Waals surface area contributed by atoms with Crippen molar-refractivity contribution in [3.63, 3.8) is 0 Å². The number of rotatable bonds is 8. The number of benzene rings is 3. The Morgan fingerprint density at radius 3 is 2.38 bits per heavy atom. The van der Waals surface area contributed by atoms with Gasteiger partial charge < -0.3 is 10.2 Å². The molecule has 0 radical (unpaired) electrons. The van der Waals surface area contributed by atoms with Crippen molar-refractivity contribution in [2.24, 2.45) is 0 Å². The van der Waals surface area contributed by atoms with E-state index in [9.17, 15) is 13.2 Å². The molecule has 0 spiro atoms. The van der Waals surface area contributed by atoms with E-state index in [-0.39, 0.29) is 21.2 Å². The van der Waals surface area contributed by atoms with Crippen LogP contribution in [0, 0.1) is 0 Å². The van der Waals surface area contributed by atoms with Gasteiger partial charge in [-0.3, -0.25) is 14.9 Å². The number of nitrogens with one attached hydrogen (secondary N) is 3. The van der Waals surface area contributed by atoms with Gasteiger partial charge in [0.1, 0.15) is 5.75 Å². The van der Waals surface area contributed by atoms with Gasteiger partial charge in [-0.25, -0.2) is 8.42 Å². The summed E-state index contributed by atoms with van der Waals surface area (Å²) in [6.07, 6.45) is 1.84. The molecule has 166 valence electrons. The number of hydrogen-bond donors (Lipinski definition) is 3. The standard InChI is InChI=1S/C23H22ClN3O4S/c1-16(14-17-10-12-19(31-2)13-11-17)25-26-23(28)18-6-5-7-20(15-18)32(29,30)27-22-9-4-3-8-21(22)24/h3-15,25,27H,1-2H3,(H,26,28)/b16-14-. The van der Waals surface area contributed by atoms with Crippen LogP contribution in [0.1, 0.15) is 22.8 Å². The van der Waals surface area contributed by atoms with E-state index in [1.165, 1.54) is 24.3 Å². The van der Waals surface area contributed by atoms with E-state index in [2.05, 4.69) is 15.6 Å². The van der Waals surface area contributed by atoms with Gasteiger partial charge in [-0.1, -0.05) is 41.9 Å². The molecule has 1 amide bonds. The molecule has 0 fully saturated rings. The molecule has 3 aromatic carbocycles. The van der Waals surface area contributed by atoms with Gasteiger partial charge in [0.2, 0.25) is 0 Å². The summed E-state index contributed by atoms with van der Waals surface area (Å²) in [5.74, 6) is 0.266. The second kappa shape index (κ2) is 10.2. The minimum Gasteiger partial charge on any atom is -0.497 e. The van der Waals surface area contributed by atoms with Crippen LogP contribution in [-0.2, 0) is 10.0 Å². The lowest BCUT2D eigenvalue weighted by molar-refractivity contribution is 0.0939. The van der Waals surface area contributed by atoms with Crippen molar-refractivity contribution in [2.75, 3.05) is 11.8 Å². The second-order valence-corrected chi connectivity index (χ2v) is 8.88. The highest BCUT2D eigenvalue weighted by Crippen LogP contribution is 2.24. The van der Waals surface area contributed by atoms with Crippen LogP contribution >= 0.6 is 11.6 Å². The van der Waals surface area contributed by atoms with Crippen LogP contribution in [-0.4, -0.2) is 21.4 Å². The maximum absolute atomic E-state index is 12.7. The third-order valence-corrected chi connectivity index (χ3v) is 6.09. The van der Waals surface area contributed by atoms with Crippen LogP contribution < -0.4 is 20.3 Å². The summed E-state index contributed by atoms with van der Waals surface area (Å²) < 4.78 is 33.0. The van der Waals surface area contributed by atoms with Crippen LogP contribution in [0.4, 0.5) is 5.69 Å². The van der Waals surface area contributed by atoms with Crippen molar-refractivity contribution in [3.8, 4) is 5.75 Å². The molecule has 32 heavy (non-hydrogen) atoms. The summed E-state index contributed by atoms with van der Waals surface area (Å²) in [5, 5.41) is 0.272. The van der Waals surface area contributed by atoms with E-state index in [1.54, 1.807) is 38.3 Å². The van der Waals surface area contributed by atoms with Crippen LogP contribution in [0.15, 0.2) is 83.4 Å². The zero-order valence-electron chi connectivity index (χ0n) is 17.4. The monoisotopic (exact) mass is 471 g/mol. The average molecular weight is 472 g/mol. The minimum atomic E-state index is -3.93. The molecule has 0 saturated heterocycles. The molecular formula is C23H22ClN3O4S. The third-order valence-electron chi connectivity index (χ3n) is 4.40. The van der Waals surface area contributed by atoms with Crippen LogP contribution in [0.5, 0.6) is 5.75 Å². The lowest BCUT2D eigenvalue weighted by atomic mass is 10.2. The number of methoxy groups -OCH3 is 1. The number of carbonyl (C=O) groups excluding carboxylic acids is 1. The maximum Gasteiger partial charge on any atom is 0.269 e. The zero-order valence-corrected chi connectivity index (χ0v) is 19.0. The number of amides is 1. The van der Waals surface area contributed by atoms with E-state index in [4.69, 9.17) is 16.3 Å². The molecule has 0 heterocycles. The second-order valence-electron chi connectivity index (χ2n) is 6.79. The first-order valence-corrected chi connectivity index (χ1v) is 11.4. The van der Waals surface area contributed by atoms with Crippen molar-refractivity contribution < 1.29 is 17.9 Å². The highest BCUT2D eigenvalue weighted by molar-refractivity contribution is 7.92. The SMILES string of the molecule is COc1ccc(/C=C(/C)NNC(=O)c2cccc(S(=O)(=O)Nc3ccccc3Cl)c2)cc1. The van der Waals surface area contributed by atoms with Crippen LogP contribution in [0.3, 0.4) is 0 Å². The fourth-order valence-corrected chi connectivity index (χ4v) is 4.13. The topological polar surface area (TPSA) is 96.5 Å². The Kier molecular flexibility index (Phi) is 7.40. The van der Waals surface area contributed by atoms with Gasteiger partial charge in [-0.05, 0) is 61.0 Å². The Morgan fingerprint density at radius 1 is 0.969 bits per heavy atom. The van der Waals surface area contributed by atoms with Crippen molar-refractivity contribution in [3.05, 3.63) is 94.6 Å². The molecule has 0 unspecified atom stereocenters. The molecule has 0 aliphatic heterocycles. The van der Waals surface area contributed by atoms with Crippen molar-refractivity contribution in [2.45, 2.75) is 11.8 Å². The molecule has 0 aliphatic rings. The summed E-state index contributed by atoms with van der Waals surface area (Å²) >= 11 is 6.03. The van der Waals surface area contributed by atoms with Gasteiger partial charge in [0, 0.05) is 11.3 Å². The molecule has 0 bridgehead atoms. The Balaban J connectivity index is 1.68. The van der Waals surface area contributed by atoms with Gasteiger partial charge in [0.05, 0.1) is 22.7 Å². The molecule has 3 aromatic rings. The summed E-state index contributed by atoms with van der Waals surface area (Å²) in [4.78, 5) is 12.5. The first-order valence-electron chi connectivity index (χ1n) is 9.54. The van der Waals surface area contributed by atoms with Gasteiger partial charge in [0.25, 0.3) is 15.9 Å². The molecule has 0 atom stereocenters. The lowest BCUT2D eigenvalue weighted by Crippen LogP contribution is -2.36. The summed E-state index contributed by atoms with van der Waals surface area (Å²) in [7, 11) is -2.33. The molecule has 9 heteroatoms. The Bertz CT molecular complexity index is 1240. The molecule has 0 aromatic heterocycles. The van der Waals surface area contributed by atoms with E-state index < -0.39 is 15.9 Å². The van der Waals surface area contributed by atoms with Gasteiger partial charge >= 0.3 is 0 Å². The van der Waals surface area contributed by atoms with Gasteiger partial charge in [-0.2, -0.15) is 0 Å². The van der Waals surface area contributed by atoms with Gasteiger partial charge in [0.15, 0.2) is 0 Å². The Hall–Kier alpha value is -3.49. The van der Waals surface area contributed by atoms with Crippen LogP contribution in [0.25, 0.3) is 6.08 Å². The van der Waals surface area contributed by atoms with E-state index in [0.717, 1.165) is 11.3 Å². The number of halogens is 1. The van der Waals surface area contributed by atoms with Crippen molar-refractivity contribution in [1.82, 2.24) is 10.9 Å². The number of carbonyl (C=O) groups is 1. The Morgan fingerprint density at radius 2 is 1.69 bits per heavy atom. The number of para-hydroxylation sites is 1. The summed E-state index contributed by atoms with van der Waals surface area (Å²) in [6.45, 7) is 1.79. The van der Waals surface area contributed by atoms with E-state index in [1.807, 2.05) is 30.3 Å². The number of hydrazine groups is 1. The highest BCUT2D eigenvalue weighted by atomic mass is 35.5. The van der Waals surface area contributed by atoms with Crippen LogP contribution in [0.2, 0.25) is 5.02 Å². The normalized spacial score (nSPS) is 11.5. The largest absolute Gasteiger partial charge is 0.497 e. The highest BCUT2D eigenvalue weighted by Gasteiger charge is 2.17. The third kappa shape index (κ3) is 6.03. The number of sulfonamides is 1. The smallest absolute Gasteiger partial charge is 0.269 e. The lowest BCUT2D eigenvalue weighted by Gasteiger charge is -2.12. The molecule has 3 N–H and O–H groups in total. The maximum atomic E-state index is 12.7. The predicted octanol–water partition coefficient (Wildman–Crippen LogP) is 4.44. The molecule has 3 rings (SSSR count). The molecule has 0 saturated carbocycles. The minimum absolute atomic E-state index is 0.0597. The number of hydrogen-bond acceptors (Lipinski definition) is 5. The summed E-state index contributed by atoms with van der Waals surface area (Å²) in [5.41, 5.74) is 7.41. The molecular weight excluding hydrogens is 450 g/mol. The van der Waals surface area contributed by atoms with Crippen molar-refractivity contribution in [1.29, 1.82) is 0 Å². The first-order chi connectivity index (χ1) is 15.3. The average Bonchev–Trinajstić information content (AvgIpc) is 2.79. The first kappa shape index (κ1) is 23.2. The zero-order chi connectivity index (χ0) is 23.1. The molecule has 7 nitrogen and oxygen atoms in total. The fourth-order valence-electron chi connectivity index (χ4n) is 2.77. The van der Waals surface area contributed by atoms with Gasteiger partial charge in [-0.15, -0.1) is 0 Å². The summed E-state index contributed by atoms with van der Waals surface area (Å²) in [6, 6.07) is 19.6. The fraction of sp³-hybridized carbons (Fsp3) is 0.0870. The van der Waals surface area contributed by atoms with E-state index in [0.29, 0.717) is 5.70 Å². The van der Waals surface area contributed by atoms with Crippen molar-refractivity contribution >= 4 is 39.3 Å².